The molecule has 0 aliphatic heterocycles. The Labute approximate surface area is 107 Å². The van der Waals surface area contributed by atoms with Crippen LogP contribution in [0.1, 0.15) is 19.4 Å². The van der Waals surface area contributed by atoms with E-state index in [9.17, 15) is 9.18 Å². The lowest BCUT2D eigenvalue weighted by Crippen LogP contribution is -2.43. The third-order valence-corrected chi connectivity index (χ3v) is 2.43. The van der Waals surface area contributed by atoms with Crippen LogP contribution < -0.4 is 11.1 Å². The number of carbonyl (C=O) groups is 1. The van der Waals surface area contributed by atoms with Crippen LogP contribution in [0.4, 0.5) is 4.39 Å². The van der Waals surface area contributed by atoms with Gasteiger partial charge in [-0.2, -0.15) is 0 Å². The van der Waals surface area contributed by atoms with E-state index in [1.807, 2.05) is 13.8 Å². The van der Waals surface area contributed by atoms with Crippen molar-refractivity contribution < 1.29 is 9.18 Å². The van der Waals surface area contributed by atoms with Gasteiger partial charge in [-0.25, -0.2) is 4.39 Å². The van der Waals surface area contributed by atoms with Crippen LogP contribution in [0.2, 0.25) is 0 Å². The molecule has 0 aliphatic rings. The zero-order valence-electron chi connectivity index (χ0n) is 9.94. The van der Waals surface area contributed by atoms with Gasteiger partial charge in [0.25, 0.3) is 0 Å². The molecule has 0 aromatic heterocycles. The first-order valence-electron chi connectivity index (χ1n) is 5.29. The SMILES string of the molecule is CC(C)[C@@H](N)C(=O)NCc1ccccc1F.Cl. The molecule has 0 saturated carbocycles. The lowest BCUT2D eigenvalue weighted by atomic mass is 10.0. The fourth-order valence-electron chi connectivity index (χ4n) is 1.24. The summed E-state index contributed by atoms with van der Waals surface area (Å²) in [7, 11) is 0. The molecule has 0 heterocycles. The Morgan fingerprint density at radius 3 is 2.53 bits per heavy atom. The molecule has 0 spiro atoms. The average molecular weight is 261 g/mol. The van der Waals surface area contributed by atoms with Gasteiger partial charge in [0.2, 0.25) is 5.91 Å². The smallest absolute Gasteiger partial charge is 0.237 e. The zero-order chi connectivity index (χ0) is 12.1. The van der Waals surface area contributed by atoms with Crippen molar-refractivity contribution in [3.05, 3.63) is 35.6 Å². The van der Waals surface area contributed by atoms with Crippen molar-refractivity contribution in [1.29, 1.82) is 0 Å². The van der Waals surface area contributed by atoms with Crippen LogP contribution in [0.25, 0.3) is 0 Å². The molecule has 3 nitrogen and oxygen atoms in total. The molecular formula is C12H18ClFN2O. The maximum atomic E-state index is 13.2. The summed E-state index contributed by atoms with van der Waals surface area (Å²) in [5.74, 6) is -0.500. The summed E-state index contributed by atoms with van der Waals surface area (Å²) >= 11 is 0. The molecule has 0 radical (unpaired) electrons. The highest BCUT2D eigenvalue weighted by Gasteiger charge is 2.16. The standard InChI is InChI=1S/C12H17FN2O.ClH/c1-8(2)11(14)12(16)15-7-9-5-3-4-6-10(9)13;/h3-6,8,11H,7,14H2,1-2H3,(H,15,16);1H/t11-;/m1./s1. The lowest BCUT2D eigenvalue weighted by Gasteiger charge is -2.15. The monoisotopic (exact) mass is 260 g/mol. The average Bonchev–Trinajstić information content (AvgIpc) is 2.26. The van der Waals surface area contributed by atoms with Crippen molar-refractivity contribution in [2.45, 2.75) is 26.4 Å². The number of benzene rings is 1. The van der Waals surface area contributed by atoms with Crippen LogP contribution >= 0.6 is 12.4 Å². The van der Waals surface area contributed by atoms with Crippen molar-refractivity contribution in [3.63, 3.8) is 0 Å². The Hall–Kier alpha value is -1.13. The fourth-order valence-corrected chi connectivity index (χ4v) is 1.24. The molecule has 1 aromatic rings. The molecule has 0 fully saturated rings. The Balaban J connectivity index is 0.00000256. The van der Waals surface area contributed by atoms with Gasteiger partial charge in [-0.1, -0.05) is 32.0 Å². The number of amides is 1. The van der Waals surface area contributed by atoms with E-state index in [4.69, 9.17) is 5.73 Å². The number of hydrogen-bond acceptors (Lipinski definition) is 2. The van der Waals surface area contributed by atoms with Crippen molar-refractivity contribution in [1.82, 2.24) is 5.32 Å². The molecule has 0 unspecified atom stereocenters. The van der Waals surface area contributed by atoms with E-state index in [1.54, 1.807) is 18.2 Å². The molecule has 0 saturated heterocycles. The number of rotatable bonds is 4. The molecule has 17 heavy (non-hydrogen) atoms. The van der Waals surface area contributed by atoms with Gasteiger partial charge in [-0.15, -0.1) is 12.4 Å². The summed E-state index contributed by atoms with van der Waals surface area (Å²) in [6.07, 6.45) is 0. The molecule has 5 heteroatoms. The number of halogens is 2. The molecule has 1 rings (SSSR count). The molecule has 1 atom stereocenters. The van der Waals surface area contributed by atoms with E-state index in [0.29, 0.717) is 5.56 Å². The highest BCUT2D eigenvalue weighted by molar-refractivity contribution is 5.85. The predicted molar refractivity (Wildman–Crippen MR) is 68.3 cm³/mol. The van der Waals surface area contributed by atoms with Crippen LogP contribution in [-0.2, 0) is 11.3 Å². The van der Waals surface area contributed by atoms with Crippen LogP contribution in [0.15, 0.2) is 24.3 Å². The minimum atomic E-state index is -0.549. The largest absolute Gasteiger partial charge is 0.351 e. The summed E-state index contributed by atoms with van der Waals surface area (Å²) in [5.41, 5.74) is 6.12. The minimum Gasteiger partial charge on any atom is -0.351 e. The summed E-state index contributed by atoms with van der Waals surface area (Å²) in [5, 5.41) is 2.62. The number of hydrogen-bond donors (Lipinski definition) is 2. The number of nitrogens with two attached hydrogens (primary N) is 1. The minimum absolute atomic E-state index is 0. The first kappa shape index (κ1) is 15.9. The van der Waals surface area contributed by atoms with Crippen LogP contribution in [0.5, 0.6) is 0 Å². The molecule has 3 N–H and O–H groups in total. The third kappa shape index (κ3) is 4.71. The molecule has 0 bridgehead atoms. The van der Waals surface area contributed by atoms with E-state index < -0.39 is 6.04 Å². The fraction of sp³-hybridized carbons (Fsp3) is 0.417. The second-order valence-electron chi connectivity index (χ2n) is 4.08. The topological polar surface area (TPSA) is 55.1 Å². The second kappa shape index (κ2) is 7.25. The van der Waals surface area contributed by atoms with Gasteiger partial charge in [0.05, 0.1) is 6.04 Å². The van der Waals surface area contributed by atoms with E-state index in [2.05, 4.69) is 5.32 Å². The zero-order valence-corrected chi connectivity index (χ0v) is 10.8. The molecule has 0 aliphatic carbocycles. The van der Waals surface area contributed by atoms with Crippen molar-refractivity contribution >= 4 is 18.3 Å². The van der Waals surface area contributed by atoms with Gasteiger partial charge in [0.1, 0.15) is 5.82 Å². The lowest BCUT2D eigenvalue weighted by molar-refractivity contribution is -0.123. The Morgan fingerprint density at radius 2 is 2.00 bits per heavy atom. The van der Waals surface area contributed by atoms with Gasteiger partial charge < -0.3 is 11.1 Å². The first-order valence-corrected chi connectivity index (χ1v) is 5.29. The van der Waals surface area contributed by atoms with Gasteiger partial charge >= 0.3 is 0 Å². The summed E-state index contributed by atoms with van der Waals surface area (Å²) in [4.78, 5) is 11.5. The van der Waals surface area contributed by atoms with Crippen molar-refractivity contribution in [2.75, 3.05) is 0 Å². The Kier molecular flexibility index (Phi) is 6.76. The van der Waals surface area contributed by atoms with Gasteiger partial charge in [0.15, 0.2) is 0 Å². The third-order valence-electron chi connectivity index (χ3n) is 2.43. The van der Waals surface area contributed by atoms with E-state index >= 15 is 0 Å². The first-order chi connectivity index (χ1) is 7.52. The van der Waals surface area contributed by atoms with E-state index in [-0.39, 0.29) is 36.6 Å². The van der Waals surface area contributed by atoms with Gasteiger partial charge in [-0.3, -0.25) is 4.79 Å². The maximum Gasteiger partial charge on any atom is 0.237 e. The summed E-state index contributed by atoms with van der Waals surface area (Å²) in [6, 6.07) is 5.79. The van der Waals surface area contributed by atoms with Crippen LogP contribution in [0, 0.1) is 11.7 Å². The van der Waals surface area contributed by atoms with Gasteiger partial charge in [-0.05, 0) is 12.0 Å². The number of carbonyl (C=O) groups excluding carboxylic acids is 1. The van der Waals surface area contributed by atoms with Gasteiger partial charge in [0, 0.05) is 12.1 Å². The van der Waals surface area contributed by atoms with Crippen LogP contribution in [0.3, 0.4) is 0 Å². The normalized spacial score (nSPS) is 11.8. The molecule has 1 aromatic carbocycles. The highest BCUT2D eigenvalue weighted by Crippen LogP contribution is 2.06. The van der Waals surface area contributed by atoms with E-state index in [0.717, 1.165) is 0 Å². The maximum absolute atomic E-state index is 13.2. The number of nitrogens with one attached hydrogen (secondary N) is 1. The summed E-state index contributed by atoms with van der Waals surface area (Å²) in [6.45, 7) is 3.91. The second-order valence-corrected chi connectivity index (χ2v) is 4.08. The highest BCUT2D eigenvalue weighted by atomic mass is 35.5. The quantitative estimate of drug-likeness (QED) is 0.868. The Bertz CT molecular complexity index is 371. The van der Waals surface area contributed by atoms with Crippen molar-refractivity contribution in [2.24, 2.45) is 11.7 Å². The molecule has 1 amide bonds. The molecule has 96 valence electrons. The van der Waals surface area contributed by atoms with Crippen LogP contribution in [-0.4, -0.2) is 11.9 Å². The predicted octanol–water partition coefficient (Wildman–Crippen LogP) is 1.85. The Morgan fingerprint density at radius 1 is 1.41 bits per heavy atom. The summed E-state index contributed by atoms with van der Waals surface area (Å²) < 4.78 is 13.2. The molecular weight excluding hydrogens is 243 g/mol. The van der Waals surface area contributed by atoms with E-state index in [1.165, 1.54) is 6.07 Å². The van der Waals surface area contributed by atoms with Crippen molar-refractivity contribution in [3.8, 4) is 0 Å².